The SMILES string of the molecule is CCN(CC)CCNc1sc(C#N)c(N)c1C1CC1. The molecule has 0 atom stereocenters. The Bertz CT molecular complexity index is 467. The van der Waals surface area contributed by atoms with E-state index >= 15 is 0 Å². The van der Waals surface area contributed by atoms with Crippen LogP contribution in [-0.2, 0) is 0 Å². The van der Waals surface area contributed by atoms with Crippen LogP contribution in [0.4, 0.5) is 10.7 Å². The van der Waals surface area contributed by atoms with Crippen LogP contribution in [0.1, 0.15) is 43.0 Å². The largest absolute Gasteiger partial charge is 0.397 e. The zero-order valence-corrected chi connectivity index (χ0v) is 12.5. The average Bonchev–Trinajstić information content (AvgIpc) is 3.20. The third-order valence-corrected chi connectivity index (χ3v) is 4.76. The highest BCUT2D eigenvalue weighted by atomic mass is 32.1. The Hall–Kier alpha value is -1.25. The maximum absolute atomic E-state index is 9.09. The van der Waals surface area contributed by atoms with Crippen molar-refractivity contribution in [3.63, 3.8) is 0 Å². The van der Waals surface area contributed by atoms with E-state index in [4.69, 9.17) is 11.0 Å². The lowest BCUT2D eigenvalue weighted by Gasteiger charge is -2.18. The van der Waals surface area contributed by atoms with E-state index in [0.29, 0.717) is 16.5 Å². The van der Waals surface area contributed by atoms with Crippen LogP contribution in [0.5, 0.6) is 0 Å². The molecule has 1 aliphatic rings. The third-order valence-electron chi connectivity index (χ3n) is 3.68. The number of thiophene rings is 1. The van der Waals surface area contributed by atoms with Gasteiger partial charge in [-0.2, -0.15) is 5.26 Å². The molecular weight excluding hydrogens is 256 g/mol. The summed E-state index contributed by atoms with van der Waals surface area (Å²) in [7, 11) is 0. The molecule has 1 heterocycles. The molecule has 0 bridgehead atoms. The average molecular weight is 278 g/mol. The minimum absolute atomic E-state index is 0.578. The lowest BCUT2D eigenvalue weighted by Crippen LogP contribution is -2.28. The number of hydrogen-bond donors (Lipinski definition) is 2. The summed E-state index contributed by atoms with van der Waals surface area (Å²) in [5.74, 6) is 0.578. The molecule has 2 rings (SSSR count). The Balaban J connectivity index is 2.02. The van der Waals surface area contributed by atoms with Crippen LogP contribution in [0.25, 0.3) is 0 Å². The molecule has 0 unspecified atom stereocenters. The van der Waals surface area contributed by atoms with Gasteiger partial charge in [-0.1, -0.05) is 13.8 Å². The Morgan fingerprint density at radius 2 is 2.11 bits per heavy atom. The van der Waals surface area contributed by atoms with Crippen LogP contribution >= 0.6 is 11.3 Å². The Kier molecular flexibility index (Phi) is 4.67. The minimum atomic E-state index is 0.578. The summed E-state index contributed by atoms with van der Waals surface area (Å²) in [6, 6.07) is 2.20. The quantitative estimate of drug-likeness (QED) is 0.805. The third kappa shape index (κ3) is 3.20. The summed E-state index contributed by atoms with van der Waals surface area (Å²) in [5, 5.41) is 13.7. The predicted octanol–water partition coefficient (Wildman–Crippen LogP) is 2.83. The summed E-state index contributed by atoms with van der Waals surface area (Å²) in [6.07, 6.45) is 2.41. The second-order valence-electron chi connectivity index (χ2n) is 4.93. The maximum Gasteiger partial charge on any atom is 0.130 e. The van der Waals surface area contributed by atoms with Gasteiger partial charge in [0.2, 0.25) is 0 Å². The number of nitrogens with two attached hydrogens (primary N) is 1. The van der Waals surface area contributed by atoms with Gasteiger partial charge in [0, 0.05) is 18.7 Å². The van der Waals surface area contributed by atoms with Crippen LogP contribution in [-0.4, -0.2) is 31.1 Å². The van der Waals surface area contributed by atoms with Gasteiger partial charge >= 0.3 is 0 Å². The van der Waals surface area contributed by atoms with Gasteiger partial charge in [-0.25, -0.2) is 0 Å². The lowest BCUT2D eigenvalue weighted by molar-refractivity contribution is 0.316. The highest BCUT2D eigenvalue weighted by Gasteiger charge is 2.31. The first-order valence-electron chi connectivity index (χ1n) is 6.99. The summed E-state index contributed by atoms with van der Waals surface area (Å²) >= 11 is 1.51. The van der Waals surface area contributed by atoms with Crippen LogP contribution in [0.3, 0.4) is 0 Å². The Morgan fingerprint density at radius 1 is 1.42 bits per heavy atom. The fourth-order valence-corrected chi connectivity index (χ4v) is 3.35. The van der Waals surface area contributed by atoms with Crippen LogP contribution in [0.2, 0.25) is 0 Å². The topological polar surface area (TPSA) is 65.1 Å². The molecule has 1 fully saturated rings. The molecule has 4 nitrogen and oxygen atoms in total. The van der Waals surface area contributed by atoms with E-state index in [1.807, 2.05) is 0 Å². The fourth-order valence-electron chi connectivity index (χ4n) is 2.32. The van der Waals surface area contributed by atoms with Crippen LogP contribution in [0, 0.1) is 11.3 Å². The lowest BCUT2D eigenvalue weighted by atomic mass is 10.1. The summed E-state index contributed by atoms with van der Waals surface area (Å²) in [6.45, 7) is 8.43. The smallest absolute Gasteiger partial charge is 0.130 e. The molecule has 19 heavy (non-hydrogen) atoms. The van der Waals surface area contributed by atoms with Gasteiger partial charge in [-0.05, 0) is 31.8 Å². The van der Waals surface area contributed by atoms with E-state index in [9.17, 15) is 0 Å². The van der Waals surface area contributed by atoms with Crippen molar-refractivity contribution < 1.29 is 0 Å². The minimum Gasteiger partial charge on any atom is -0.397 e. The first kappa shape index (κ1) is 14.2. The molecule has 3 N–H and O–H groups in total. The first-order valence-corrected chi connectivity index (χ1v) is 7.81. The molecular formula is C14H22N4S. The standard InChI is InChI=1S/C14H22N4S/c1-3-18(4-2)8-7-17-14-12(10-5-6-10)13(16)11(9-15)19-14/h10,17H,3-8,16H2,1-2H3. The van der Waals surface area contributed by atoms with Crippen LogP contribution < -0.4 is 11.1 Å². The van der Waals surface area contributed by atoms with Crippen molar-refractivity contribution in [3.8, 4) is 6.07 Å². The number of nitrogen functional groups attached to an aromatic ring is 1. The Labute approximate surface area is 119 Å². The van der Waals surface area contributed by atoms with E-state index in [1.165, 1.54) is 29.7 Å². The number of nitrogens with one attached hydrogen (secondary N) is 1. The molecule has 104 valence electrons. The van der Waals surface area contributed by atoms with E-state index in [0.717, 1.165) is 31.2 Å². The van der Waals surface area contributed by atoms with E-state index in [2.05, 4.69) is 30.1 Å². The zero-order chi connectivity index (χ0) is 13.8. The van der Waals surface area contributed by atoms with E-state index in [-0.39, 0.29) is 0 Å². The molecule has 0 amide bonds. The van der Waals surface area contributed by atoms with Crippen molar-refractivity contribution in [2.75, 3.05) is 37.2 Å². The number of anilines is 2. The summed E-state index contributed by atoms with van der Waals surface area (Å²) in [4.78, 5) is 3.04. The molecule has 0 saturated heterocycles. The van der Waals surface area contributed by atoms with Crippen molar-refractivity contribution in [1.29, 1.82) is 5.26 Å². The van der Waals surface area contributed by atoms with Gasteiger partial charge in [0.1, 0.15) is 10.9 Å². The normalized spacial score (nSPS) is 14.6. The fraction of sp³-hybridized carbons (Fsp3) is 0.643. The molecule has 1 aliphatic carbocycles. The second-order valence-corrected chi connectivity index (χ2v) is 5.95. The molecule has 0 aromatic carbocycles. The molecule has 1 aromatic heterocycles. The van der Waals surface area contributed by atoms with Gasteiger partial charge in [0.15, 0.2) is 0 Å². The van der Waals surface area contributed by atoms with Crippen molar-refractivity contribution in [3.05, 3.63) is 10.4 Å². The monoisotopic (exact) mass is 278 g/mol. The number of likely N-dealkylation sites (N-methyl/N-ethyl adjacent to an activating group) is 1. The molecule has 1 aromatic rings. The van der Waals surface area contributed by atoms with Crippen molar-refractivity contribution in [1.82, 2.24) is 4.90 Å². The molecule has 0 radical (unpaired) electrons. The molecule has 0 aliphatic heterocycles. The number of hydrogen-bond acceptors (Lipinski definition) is 5. The number of rotatable bonds is 7. The van der Waals surface area contributed by atoms with Crippen molar-refractivity contribution >= 4 is 22.0 Å². The number of nitriles is 1. The van der Waals surface area contributed by atoms with Crippen molar-refractivity contribution in [2.45, 2.75) is 32.6 Å². The second kappa shape index (κ2) is 6.27. The van der Waals surface area contributed by atoms with Gasteiger partial charge < -0.3 is 16.0 Å². The summed E-state index contributed by atoms with van der Waals surface area (Å²) < 4.78 is 0. The molecule has 0 spiro atoms. The Morgan fingerprint density at radius 3 is 2.63 bits per heavy atom. The molecule has 5 heteroatoms. The maximum atomic E-state index is 9.09. The van der Waals surface area contributed by atoms with Gasteiger partial charge in [-0.3, -0.25) is 0 Å². The van der Waals surface area contributed by atoms with Gasteiger partial charge in [0.25, 0.3) is 0 Å². The van der Waals surface area contributed by atoms with Gasteiger partial charge in [-0.15, -0.1) is 11.3 Å². The molecule has 1 saturated carbocycles. The van der Waals surface area contributed by atoms with Crippen molar-refractivity contribution in [2.24, 2.45) is 0 Å². The highest BCUT2D eigenvalue weighted by Crippen LogP contribution is 2.50. The zero-order valence-electron chi connectivity index (χ0n) is 11.7. The number of nitrogens with zero attached hydrogens (tertiary/aromatic N) is 2. The predicted molar refractivity (Wildman–Crippen MR) is 81.7 cm³/mol. The summed E-state index contributed by atoms with van der Waals surface area (Å²) in [5.41, 5.74) is 7.98. The van der Waals surface area contributed by atoms with Crippen LogP contribution in [0.15, 0.2) is 0 Å². The first-order chi connectivity index (χ1) is 9.21. The van der Waals surface area contributed by atoms with E-state index < -0.39 is 0 Å². The van der Waals surface area contributed by atoms with E-state index in [1.54, 1.807) is 0 Å². The van der Waals surface area contributed by atoms with Gasteiger partial charge in [0.05, 0.1) is 10.7 Å². The highest BCUT2D eigenvalue weighted by molar-refractivity contribution is 7.17.